The zero-order valence-corrected chi connectivity index (χ0v) is 13.4. The molecule has 2 bridgehead atoms. The number of hydrogen-bond acceptors (Lipinski definition) is 2. The largest absolute Gasteiger partial charge is 0.469 e. The van der Waals surface area contributed by atoms with Gasteiger partial charge in [0.2, 0.25) is 0 Å². The second-order valence-corrected chi connectivity index (χ2v) is 7.85. The van der Waals surface area contributed by atoms with E-state index in [4.69, 9.17) is 4.42 Å². The van der Waals surface area contributed by atoms with Crippen molar-refractivity contribution in [2.75, 3.05) is 0 Å². The van der Waals surface area contributed by atoms with Gasteiger partial charge < -0.3 is 9.73 Å². The maximum Gasteiger partial charge on any atom is 0.103 e. The molecule has 0 saturated heterocycles. The highest BCUT2D eigenvalue weighted by Gasteiger charge is 2.61. The van der Waals surface area contributed by atoms with E-state index in [1.165, 1.54) is 19.3 Å². The van der Waals surface area contributed by atoms with Crippen molar-refractivity contribution in [2.24, 2.45) is 16.7 Å². The van der Waals surface area contributed by atoms with E-state index in [-0.39, 0.29) is 0 Å². The van der Waals surface area contributed by atoms with Crippen LogP contribution in [0.2, 0.25) is 0 Å². The molecule has 2 saturated carbocycles. The second kappa shape index (κ2) is 4.91. The van der Waals surface area contributed by atoms with Gasteiger partial charge in [-0.05, 0) is 61.5 Å². The molecule has 2 nitrogen and oxygen atoms in total. The smallest absolute Gasteiger partial charge is 0.103 e. The molecule has 0 aromatic carbocycles. The summed E-state index contributed by atoms with van der Waals surface area (Å²) in [6.07, 6.45) is 8.17. The second-order valence-electron chi connectivity index (χ2n) is 7.85. The SMILES string of the molecule is CC(CCc1ccco1)NC1CC2CCC1(C)C2(C)C. The average Bonchev–Trinajstić information content (AvgIpc) is 3.02. The molecule has 3 rings (SSSR count). The summed E-state index contributed by atoms with van der Waals surface area (Å²) >= 11 is 0. The van der Waals surface area contributed by atoms with Gasteiger partial charge in [0.05, 0.1) is 6.26 Å². The molecule has 4 atom stereocenters. The lowest BCUT2D eigenvalue weighted by molar-refractivity contribution is 0.115. The number of fused-ring (bicyclic) bond motifs is 2. The van der Waals surface area contributed by atoms with Gasteiger partial charge in [-0.3, -0.25) is 0 Å². The van der Waals surface area contributed by atoms with E-state index in [0.29, 0.717) is 22.9 Å². The van der Waals surface area contributed by atoms with Crippen LogP contribution in [0.4, 0.5) is 0 Å². The maximum atomic E-state index is 5.43. The van der Waals surface area contributed by atoms with E-state index in [2.05, 4.69) is 39.1 Å². The molecule has 0 radical (unpaired) electrons. The van der Waals surface area contributed by atoms with Gasteiger partial charge in [-0.2, -0.15) is 0 Å². The highest BCUT2D eigenvalue weighted by atomic mass is 16.3. The highest BCUT2D eigenvalue weighted by Crippen LogP contribution is 2.65. The molecular formula is C18H29NO. The van der Waals surface area contributed by atoms with Gasteiger partial charge in [-0.15, -0.1) is 0 Å². The third kappa shape index (κ3) is 2.13. The van der Waals surface area contributed by atoms with Crippen LogP contribution in [0.25, 0.3) is 0 Å². The number of aryl methyl sites for hydroxylation is 1. The van der Waals surface area contributed by atoms with Crippen LogP contribution in [-0.2, 0) is 6.42 Å². The van der Waals surface area contributed by atoms with Crippen LogP contribution < -0.4 is 5.32 Å². The molecule has 2 aliphatic carbocycles. The Hall–Kier alpha value is -0.760. The lowest BCUT2D eigenvalue weighted by Gasteiger charge is -2.40. The average molecular weight is 275 g/mol. The Morgan fingerprint density at radius 2 is 2.20 bits per heavy atom. The van der Waals surface area contributed by atoms with E-state index >= 15 is 0 Å². The Kier molecular flexibility index (Phi) is 3.48. The molecule has 0 aliphatic heterocycles. The number of furan rings is 1. The van der Waals surface area contributed by atoms with E-state index < -0.39 is 0 Å². The predicted octanol–water partition coefficient (Wildman–Crippen LogP) is 4.41. The van der Waals surface area contributed by atoms with Crippen LogP contribution in [0.1, 0.15) is 59.1 Å². The van der Waals surface area contributed by atoms with Crippen LogP contribution in [0.5, 0.6) is 0 Å². The quantitative estimate of drug-likeness (QED) is 0.861. The number of rotatable bonds is 5. The first-order chi connectivity index (χ1) is 9.43. The van der Waals surface area contributed by atoms with Crippen LogP contribution in [0.15, 0.2) is 22.8 Å². The van der Waals surface area contributed by atoms with Crippen molar-refractivity contribution in [2.45, 2.75) is 71.9 Å². The monoisotopic (exact) mass is 275 g/mol. The van der Waals surface area contributed by atoms with E-state index in [1.54, 1.807) is 6.26 Å². The number of nitrogens with one attached hydrogen (secondary N) is 1. The van der Waals surface area contributed by atoms with Crippen molar-refractivity contribution in [3.8, 4) is 0 Å². The van der Waals surface area contributed by atoms with Crippen LogP contribution >= 0.6 is 0 Å². The molecule has 0 spiro atoms. The third-order valence-electron chi connectivity index (χ3n) is 6.68. The van der Waals surface area contributed by atoms with E-state index in [1.807, 2.05) is 6.07 Å². The van der Waals surface area contributed by atoms with E-state index in [9.17, 15) is 0 Å². The topological polar surface area (TPSA) is 25.2 Å². The van der Waals surface area contributed by atoms with Crippen molar-refractivity contribution in [1.82, 2.24) is 5.32 Å². The van der Waals surface area contributed by atoms with Crippen LogP contribution in [0.3, 0.4) is 0 Å². The van der Waals surface area contributed by atoms with Crippen molar-refractivity contribution < 1.29 is 4.42 Å². The molecule has 1 heterocycles. The van der Waals surface area contributed by atoms with Crippen molar-refractivity contribution in [3.63, 3.8) is 0 Å². The summed E-state index contributed by atoms with van der Waals surface area (Å²) in [5.41, 5.74) is 0.988. The molecule has 20 heavy (non-hydrogen) atoms. The van der Waals surface area contributed by atoms with Gasteiger partial charge in [0, 0.05) is 18.5 Å². The van der Waals surface area contributed by atoms with Crippen LogP contribution in [-0.4, -0.2) is 12.1 Å². The summed E-state index contributed by atoms with van der Waals surface area (Å²) < 4.78 is 5.43. The highest BCUT2D eigenvalue weighted by molar-refractivity contribution is 5.13. The van der Waals surface area contributed by atoms with Gasteiger partial charge in [-0.25, -0.2) is 0 Å². The van der Waals surface area contributed by atoms with Crippen molar-refractivity contribution in [3.05, 3.63) is 24.2 Å². The predicted molar refractivity (Wildman–Crippen MR) is 82.6 cm³/mol. The van der Waals surface area contributed by atoms with Gasteiger partial charge >= 0.3 is 0 Å². The molecule has 4 unspecified atom stereocenters. The Morgan fingerprint density at radius 3 is 2.75 bits per heavy atom. The Labute approximate surface area is 123 Å². The molecule has 1 aromatic heterocycles. The Morgan fingerprint density at radius 1 is 1.40 bits per heavy atom. The first-order valence-corrected chi connectivity index (χ1v) is 8.22. The zero-order chi connectivity index (χ0) is 14.4. The fraction of sp³-hybridized carbons (Fsp3) is 0.778. The zero-order valence-electron chi connectivity index (χ0n) is 13.4. The fourth-order valence-corrected chi connectivity index (χ4v) is 4.70. The summed E-state index contributed by atoms with van der Waals surface area (Å²) in [7, 11) is 0. The van der Waals surface area contributed by atoms with E-state index in [0.717, 1.165) is 24.5 Å². The van der Waals surface area contributed by atoms with Gasteiger partial charge in [0.15, 0.2) is 0 Å². The molecule has 112 valence electrons. The lowest BCUT2D eigenvalue weighted by atomic mass is 9.69. The molecule has 2 fully saturated rings. The summed E-state index contributed by atoms with van der Waals surface area (Å²) in [6.45, 7) is 9.81. The number of hydrogen-bond donors (Lipinski definition) is 1. The van der Waals surface area contributed by atoms with Crippen LogP contribution in [0, 0.1) is 16.7 Å². The van der Waals surface area contributed by atoms with Crippen molar-refractivity contribution >= 4 is 0 Å². The summed E-state index contributed by atoms with van der Waals surface area (Å²) in [4.78, 5) is 0. The van der Waals surface area contributed by atoms with Gasteiger partial charge in [0.1, 0.15) is 5.76 Å². The minimum Gasteiger partial charge on any atom is -0.469 e. The Balaban J connectivity index is 1.56. The normalized spacial score (nSPS) is 36.4. The summed E-state index contributed by atoms with van der Waals surface area (Å²) in [5.74, 6) is 2.03. The van der Waals surface area contributed by atoms with Gasteiger partial charge in [0.25, 0.3) is 0 Å². The molecule has 1 aromatic rings. The molecule has 2 heteroatoms. The summed E-state index contributed by atoms with van der Waals surface area (Å²) in [5, 5.41) is 3.93. The Bertz CT molecular complexity index is 450. The summed E-state index contributed by atoms with van der Waals surface area (Å²) in [6, 6.07) is 5.32. The maximum absolute atomic E-state index is 5.43. The van der Waals surface area contributed by atoms with Gasteiger partial charge in [-0.1, -0.05) is 20.8 Å². The van der Waals surface area contributed by atoms with Crippen molar-refractivity contribution in [1.29, 1.82) is 0 Å². The standard InChI is InChI=1S/C18H29NO/c1-13(7-8-15-6-5-11-20-15)19-16-12-14-9-10-18(16,4)17(14,2)3/h5-6,11,13-14,16,19H,7-10,12H2,1-4H3. The molecule has 0 amide bonds. The molecule has 1 N–H and O–H groups in total. The minimum atomic E-state index is 0.483. The first kappa shape index (κ1) is 14.2. The third-order valence-corrected chi connectivity index (χ3v) is 6.68. The fourth-order valence-electron chi connectivity index (χ4n) is 4.70. The minimum absolute atomic E-state index is 0.483. The lowest BCUT2D eigenvalue weighted by Crippen LogP contribution is -2.47. The molecule has 2 aliphatic rings. The molecular weight excluding hydrogens is 246 g/mol. The first-order valence-electron chi connectivity index (χ1n) is 8.22.